The molecule has 0 spiro atoms. The first-order chi connectivity index (χ1) is 9.41. The minimum absolute atomic E-state index is 0.127. The van der Waals surface area contributed by atoms with Crippen LogP contribution in [0.4, 0.5) is 4.39 Å². The van der Waals surface area contributed by atoms with Crippen LogP contribution in [0.1, 0.15) is 110 Å². The van der Waals surface area contributed by atoms with E-state index in [0.717, 1.165) is 12.8 Å². The smallest absolute Gasteiger partial charge is 0.0894 e. The molecule has 0 bridgehead atoms. The van der Waals surface area contributed by atoms with Gasteiger partial charge < -0.3 is 0 Å². The molecule has 0 atom stereocenters. The van der Waals surface area contributed by atoms with Crippen molar-refractivity contribution in [1.82, 2.24) is 0 Å². The Labute approximate surface area is 121 Å². The molecule has 0 fully saturated rings. The van der Waals surface area contributed by atoms with E-state index in [4.69, 9.17) is 0 Å². The zero-order valence-corrected chi connectivity index (χ0v) is 13.4. The van der Waals surface area contributed by atoms with Gasteiger partial charge in [-0.1, -0.05) is 103 Å². The molecule has 0 aromatic carbocycles. The van der Waals surface area contributed by atoms with Gasteiger partial charge in [0, 0.05) is 0 Å². The summed E-state index contributed by atoms with van der Waals surface area (Å²) in [5, 5.41) is 0. The van der Waals surface area contributed by atoms with Crippen LogP contribution in [-0.4, -0.2) is 6.67 Å². The first-order valence-electron chi connectivity index (χ1n) is 8.97. The average molecular weight is 271 g/mol. The van der Waals surface area contributed by atoms with Crippen molar-refractivity contribution < 1.29 is 4.39 Å². The van der Waals surface area contributed by atoms with Crippen molar-refractivity contribution in [3.05, 3.63) is 0 Å². The lowest BCUT2D eigenvalue weighted by Crippen LogP contribution is -1.84. The molecule has 0 nitrogen and oxygen atoms in total. The van der Waals surface area contributed by atoms with Gasteiger partial charge in [-0.2, -0.15) is 0 Å². The number of hydrogen-bond acceptors (Lipinski definition) is 0. The molecule has 0 aromatic heterocycles. The van der Waals surface area contributed by atoms with Crippen LogP contribution in [0.3, 0.4) is 0 Å². The maximum Gasteiger partial charge on any atom is 0.0894 e. The van der Waals surface area contributed by atoms with E-state index in [1.54, 1.807) is 0 Å². The summed E-state index contributed by atoms with van der Waals surface area (Å²) in [7, 11) is 0. The van der Waals surface area contributed by atoms with Crippen LogP contribution in [0, 0.1) is 0 Å². The molecule has 0 amide bonds. The molecule has 0 radical (unpaired) electrons. The molecule has 0 rings (SSSR count). The Morgan fingerprint density at radius 1 is 0.421 bits per heavy atom. The number of halogens is 1. The summed E-state index contributed by atoms with van der Waals surface area (Å²) in [5.74, 6) is 0. The minimum atomic E-state index is -0.127. The van der Waals surface area contributed by atoms with Crippen molar-refractivity contribution in [3.8, 4) is 0 Å². The second-order valence-corrected chi connectivity index (χ2v) is 5.99. The van der Waals surface area contributed by atoms with Crippen molar-refractivity contribution >= 4 is 0 Å². The lowest BCUT2D eigenvalue weighted by molar-refractivity contribution is 0.448. The van der Waals surface area contributed by atoms with Crippen molar-refractivity contribution in [3.63, 3.8) is 0 Å². The van der Waals surface area contributed by atoms with Gasteiger partial charge in [0.05, 0.1) is 6.67 Å². The summed E-state index contributed by atoms with van der Waals surface area (Å²) in [6, 6.07) is 0. The van der Waals surface area contributed by atoms with Crippen LogP contribution >= 0.6 is 0 Å². The normalized spacial score (nSPS) is 11.1. The number of rotatable bonds is 16. The molecule has 0 aliphatic carbocycles. The molecule has 0 saturated carbocycles. The van der Waals surface area contributed by atoms with Gasteiger partial charge in [0.2, 0.25) is 0 Å². The van der Waals surface area contributed by atoms with E-state index < -0.39 is 0 Å². The van der Waals surface area contributed by atoms with E-state index in [0.29, 0.717) is 0 Å². The highest BCUT2D eigenvalue weighted by Gasteiger charge is 1.94. The van der Waals surface area contributed by atoms with Crippen molar-refractivity contribution in [1.29, 1.82) is 0 Å². The molecule has 0 aliphatic heterocycles. The van der Waals surface area contributed by atoms with Crippen LogP contribution in [-0.2, 0) is 0 Å². The third-order valence-electron chi connectivity index (χ3n) is 3.99. The molecule has 0 N–H and O–H groups in total. The molecular formula is C18H37F. The Kier molecular flexibility index (Phi) is 17.9. The topological polar surface area (TPSA) is 0 Å². The van der Waals surface area contributed by atoms with Crippen molar-refractivity contribution in [2.45, 2.75) is 110 Å². The van der Waals surface area contributed by atoms with Crippen LogP contribution in [0.2, 0.25) is 0 Å². The lowest BCUT2D eigenvalue weighted by Gasteiger charge is -2.03. The minimum Gasteiger partial charge on any atom is -0.251 e. The summed E-state index contributed by atoms with van der Waals surface area (Å²) < 4.78 is 11.9. The highest BCUT2D eigenvalue weighted by Crippen LogP contribution is 2.13. The highest BCUT2D eigenvalue weighted by molar-refractivity contribution is 4.49. The number of unbranched alkanes of at least 4 members (excludes halogenated alkanes) is 15. The van der Waals surface area contributed by atoms with E-state index in [9.17, 15) is 4.39 Å². The number of alkyl halides is 1. The quantitative estimate of drug-likeness (QED) is 0.260. The summed E-state index contributed by atoms with van der Waals surface area (Å²) >= 11 is 0. The number of hydrogen-bond donors (Lipinski definition) is 0. The van der Waals surface area contributed by atoms with E-state index in [1.807, 2.05) is 0 Å². The standard InChI is InChI=1S/C18H37F/c1-2-3-4-5-6-7-8-9-10-11-12-13-14-15-16-17-18-19/h2-18H2,1H3/i19-1. The molecule has 1 heteroatoms. The molecule has 0 heterocycles. The monoisotopic (exact) mass is 271 g/mol. The Morgan fingerprint density at radius 3 is 0.947 bits per heavy atom. The first-order valence-corrected chi connectivity index (χ1v) is 8.97. The molecule has 0 aromatic rings. The predicted octanol–water partition coefficient (Wildman–Crippen LogP) is 7.22. The highest BCUT2D eigenvalue weighted by atomic mass is 18.2. The van der Waals surface area contributed by atoms with Gasteiger partial charge in [-0.15, -0.1) is 0 Å². The zero-order valence-electron chi connectivity index (χ0n) is 13.4. The molecule has 0 aliphatic rings. The van der Waals surface area contributed by atoms with Crippen molar-refractivity contribution in [2.75, 3.05) is 6.67 Å². The third-order valence-corrected chi connectivity index (χ3v) is 3.99. The fourth-order valence-electron chi connectivity index (χ4n) is 2.64. The van der Waals surface area contributed by atoms with Crippen molar-refractivity contribution in [2.24, 2.45) is 0 Å². The largest absolute Gasteiger partial charge is 0.251 e. The molecular weight excluding hydrogens is 234 g/mol. The Bertz CT molecular complexity index is 129. The van der Waals surface area contributed by atoms with E-state index >= 15 is 0 Å². The first kappa shape index (κ1) is 18.9. The summed E-state index contributed by atoms with van der Waals surface area (Å²) in [6.45, 7) is 2.15. The summed E-state index contributed by atoms with van der Waals surface area (Å²) in [4.78, 5) is 0. The lowest BCUT2D eigenvalue weighted by atomic mass is 10.0. The van der Waals surface area contributed by atoms with Crippen LogP contribution < -0.4 is 0 Å². The fraction of sp³-hybridized carbons (Fsp3) is 1.00. The predicted molar refractivity (Wildman–Crippen MR) is 85.5 cm³/mol. The van der Waals surface area contributed by atoms with Crippen LogP contribution in [0.5, 0.6) is 0 Å². The Hall–Kier alpha value is -0.0700. The van der Waals surface area contributed by atoms with Gasteiger partial charge in [0.15, 0.2) is 0 Å². The zero-order chi connectivity index (χ0) is 14.0. The second-order valence-electron chi connectivity index (χ2n) is 5.99. The maximum atomic E-state index is 11.9. The van der Waals surface area contributed by atoms with Crippen LogP contribution in [0.15, 0.2) is 0 Å². The van der Waals surface area contributed by atoms with Gasteiger partial charge >= 0.3 is 0 Å². The van der Waals surface area contributed by atoms with Gasteiger partial charge in [0.25, 0.3) is 0 Å². The molecule has 0 saturated heterocycles. The Balaban J connectivity index is 2.88. The van der Waals surface area contributed by atoms with Gasteiger partial charge in [0.1, 0.15) is 0 Å². The molecule has 116 valence electrons. The van der Waals surface area contributed by atoms with E-state index in [-0.39, 0.29) is 6.67 Å². The maximum absolute atomic E-state index is 11.9. The van der Waals surface area contributed by atoms with E-state index in [2.05, 4.69) is 6.92 Å². The van der Waals surface area contributed by atoms with Gasteiger partial charge in [-0.3, -0.25) is 4.39 Å². The van der Waals surface area contributed by atoms with Gasteiger partial charge in [-0.25, -0.2) is 0 Å². The summed E-state index contributed by atoms with van der Waals surface area (Å²) in [5.41, 5.74) is 0. The van der Waals surface area contributed by atoms with Gasteiger partial charge in [-0.05, 0) is 6.42 Å². The summed E-state index contributed by atoms with van der Waals surface area (Å²) in [6.07, 6.45) is 21.5. The third kappa shape index (κ3) is 17.9. The molecule has 0 unspecified atom stereocenters. The fourth-order valence-corrected chi connectivity index (χ4v) is 2.64. The van der Waals surface area contributed by atoms with Crippen LogP contribution in [0.25, 0.3) is 0 Å². The Morgan fingerprint density at radius 2 is 0.684 bits per heavy atom. The SMILES string of the molecule is CCCCCCCCCCCCCCCCCC[18F]. The van der Waals surface area contributed by atoms with E-state index in [1.165, 1.54) is 89.9 Å². The molecule has 19 heavy (non-hydrogen) atoms. The second kappa shape index (κ2) is 17.9. The average Bonchev–Trinajstić information content (AvgIpc) is 2.43.